The number of alkyl halides is 2. The van der Waals surface area contributed by atoms with Gasteiger partial charge >= 0.3 is 0 Å². The third kappa shape index (κ3) is 4.03. The van der Waals surface area contributed by atoms with E-state index in [1.165, 1.54) is 21.6 Å². The molecule has 0 aromatic heterocycles. The molecule has 0 aromatic rings. The fourth-order valence-corrected chi connectivity index (χ4v) is 15.1. The van der Waals surface area contributed by atoms with Crippen molar-refractivity contribution < 1.29 is 16.8 Å². The van der Waals surface area contributed by atoms with Gasteiger partial charge in [-0.3, -0.25) is 0 Å². The molecule has 2 fully saturated rings. The van der Waals surface area contributed by atoms with Crippen LogP contribution in [-0.4, -0.2) is 60.0 Å². The predicted molar refractivity (Wildman–Crippen MR) is 85.5 cm³/mol. The van der Waals surface area contributed by atoms with Crippen molar-refractivity contribution in [3.63, 3.8) is 0 Å². The molecule has 4 atom stereocenters. The van der Waals surface area contributed by atoms with Crippen molar-refractivity contribution >= 4 is 73.1 Å². The largest absolute Gasteiger partial charge is 0.229 e. The van der Waals surface area contributed by atoms with E-state index in [0.29, 0.717) is 0 Å². The smallest absolute Gasteiger partial charge is 0.152 e. The summed E-state index contributed by atoms with van der Waals surface area (Å²) in [5.41, 5.74) is 0. The first-order valence-corrected chi connectivity index (χ1v) is 12.9. The van der Waals surface area contributed by atoms with Crippen LogP contribution in [0.1, 0.15) is 0 Å². The standard InChI is InChI=1S/C8H12Br2O4S4/c9-5-1-17(11,12)3-7(5)15-16-8-4-18(13,14)2-6(8)10/h5-8H,1-4H2. The van der Waals surface area contributed by atoms with Crippen molar-refractivity contribution in [2.75, 3.05) is 23.0 Å². The highest BCUT2D eigenvalue weighted by Crippen LogP contribution is 2.43. The molecule has 106 valence electrons. The third-order valence-corrected chi connectivity index (χ3v) is 13.6. The Labute approximate surface area is 132 Å². The summed E-state index contributed by atoms with van der Waals surface area (Å²) in [4.78, 5) is -0.0708. The van der Waals surface area contributed by atoms with Gasteiger partial charge in [0, 0.05) is 20.2 Å². The zero-order valence-electron chi connectivity index (χ0n) is 9.16. The lowest BCUT2D eigenvalue weighted by molar-refractivity contribution is 0.600. The number of halogens is 2. The summed E-state index contributed by atoms with van der Waals surface area (Å²) in [6, 6.07) is 0. The van der Waals surface area contributed by atoms with Crippen LogP contribution in [0.5, 0.6) is 0 Å². The van der Waals surface area contributed by atoms with E-state index in [2.05, 4.69) is 31.9 Å². The van der Waals surface area contributed by atoms with Crippen LogP contribution in [0.15, 0.2) is 0 Å². The molecule has 2 aliphatic rings. The van der Waals surface area contributed by atoms with Crippen LogP contribution in [0.2, 0.25) is 0 Å². The molecule has 0 spiro atoms. The maximum Gasteiger partial charge on any atom is 0.152 e. The molecule has 2 saturated heterocycles. The second-order valence-corrected chi connectivity index (χ2v) is 13.9. The lowest BCUT2D eigenvalue weighted by Gasteiger charge is -2.15. The minimum atomic E-state index is -2.94. The van der Waals surface area contributed by atoms with Crippen LogP contribution < -0.4 is 0 Å². The van der Waals surface area contributed by atoms with Gasteiger partial charge in [-0.25, -0.2) is 16.8 Å². The summed E-state index contributed by atoms with van der Waals surface area (Å²) in [5, 5.41) is 0.00556. The molecular weight excluding hydrogens is 448 g/mol. The van der Waals surface area contributed by atoms with Crippen molar-refractivity contribution in [3.8, 4) is 0 Å². The fraction of sp³-hybridized carbons (Fsp3) is 1.00. The monoisotopic (exact) mass is 458 g/mol. The zero-order chi connectivity index (χ0) is 13.6. The Balaban J connectivity index is 1.90. The molecule has 2 aliphatic heterocycles. The van der Waals surface area contributed by atoms with Gasteiger partial charge in [0.15, 0.2) is 19.7 Å². The van der Waals surface area contributed by atoms with Gasteiger partial charge in [-0.2, -0.15) is 0 Å². The second kappa shape index (κ2) is 5.75. The van der Waals surface area contributed by atoms with Gasteiger partial charge in [0.05, 0.1) is 23.0 Å². The highest BCUT2D eigenvalue weighted by atomic mass is 79.9. The van der Waals surface area contributed by atoms with Crippen molar-refractivity contribution in [3.05, 3.63) is 0 Å². The minimum absolute atomic E-state index is 0.00278. The van der Waals surface area contributed by atoms with Gasteiger partial charge in [0.1, 0.15) is 0 Å². The number of hydrogen-bond donors (Lipinski definition) is 0. The summed E-state index contributed by atoms with van der Waals surface area (Å²) < 4.78 is 45.8. The molecule has 0 bridgehead atoms. The first-order valence-electron chi connectivity index (χ1n) is 5.20. The molecule has 2 heterocycles. The SMILES string of the molecule is O=S1(=O)CC(Br)C(SSC2CS(=O)(=O)CC2Br)C1. The molecule has 18 heavy (non-hydrogen) atoms. The van der Waals surface area contributed by atoms with E-state index >= 15 is 0 Å². The molecular formula is C8H12Br2O4S4. The van der Waals surface area contributed by atoms with E-state index < -0.39 is 19.7 Å². The van der Waals surface area contributed by atoms with Gasteiger partial charge in [-0.15, -0.1) is 0 Å². The Morgan fingerprint density at radius 3 is 1.28 bits per heavy atom. The Morgan fingerprint density at radius 2 is 1.06 bits per heavy atom. The van der Waals surface area contributed by atoms with Gasteiger partial charge in [0.25, 0.3) is 0 Å². The van der Waals surface area contributed by atoms with Gasteiger partial charge in [-0.05, 0) is 0 Å². The van der Waals surface area contributed by atoms with Crippen LogP contribution in [0.4, 0.5) is 0 Å². The van der Waals surface area contributed by atoms with Crippen LogP contribution in [-0.2, 0) is 19.7 Å². The van der Waals surface area contributed by atoms with Crippen LogP contribution in [0.25, 0.3) is 0 Å². The Bertz CT molecular complexity index is 469. The van der Waals surface area contributed by atoms with Gasteiger partial charge < -0.3 is 0 Å². The first kappa shape index (κ1) is 15.9. The first-order chi connectivity index (χ1) is 8.19. The number of hydrogen-bond acceptors (Lipinski definition) is 6. The topological polar surface area (TPSA) is 68.3 Å². The lowest BCUT2D eigenvalue weighted by atomic mass is 10.4. The normalized spacial score (nSPS) is 42.1. The molecule has 0 radical (unpaired) electrons. The van der Waals surface area contributed by atoms with Crippen LogP contribution in [0.3, 0.4) is 0 Å². The summed E-state index contributed by atoms with van der Waals surface area (Å²) >= 11 is 6.77. The quantitative estimate of drug-likeness (QED) is 0.470. The van der Waals surface area contributed by atoms with Gasteiger partial charge in [0.2, 0.25) is 0 Å². The molecule has 0 aromatic carbocycles. The molecule has 4 nitrogen and oxygen atoms in total. The second-order valence-electron chi connectivity index (χ2n) is 4.46. The maximum absolute atomic E-state index is 11.5. The van der Waals surface area contributed by atoms with Crippen molar-refractivity contribution in [1.29, 1.82) is 0 Å². The Morgan fingerprint density at radius 1 is 0.722 bits per heavy atom. The highest BCUT2D eigenvalue weighted by Gasteiger charge is 2.40. The number of sulfone groups is 2. The van der Waals surface area contributed by atoms with E-state index in [9.17, 15) is 16.8 Å². The Kier molecular flexibility index (Phi) is 5.09. The van der Waals surface area contributed by atoms with Crippen molar-refractivity contribution in [2.45, 2.75) is 20.2 Å². The summed E-state index contributed by atoms with van der Waals surface area (Å²) in [6.07, 6.45) is 0. The minimum Gasteiger partial charge on any atom is -0.229 e. The van der Waals surface area contributed by atoms with E-state index in [-0.39, 0.29) is 43.2 Å². The summed E-state index contributed by atoms with van der Waals surface area (Å²) in [6.45, 7) is 0. The van der Waals surface area contributed by atoms with Crippen molar-refractivity contribution in [1.82, 2.24) is 0 Å². The molecule has 0 N–H and O–H groups in total. The lowest BCUT2D eigenvalue weighted by Crippen LogP contribution is -2.17. The van der Waals surface area contributed by atoms with E-state index in [4.69, 9.17) is 0 Å². The fourth-order valence-electron chi connectivity index (χ4n) is 1.86. The third-order valence-electron chi connectivity index (χ3n) is 2.77. The van der Waals surface area contributed by atoms with E-state index in [1.807, 2.05) is 0 Å². The maximum atomic E-state index is 11.5. The molecule has 4 unspecified atom stereocenters. The summed E-state index contributed by atoms with van der Waals surface area (Å²) in [5.74, 6) is 0.692. The summed E-state index contributed by atoms with van der Waals surface area (Å²) in [7, 11) is -2.89. The predicted octanol–water partition coefficient (Wildman–Crippen LogP) is 1.49. The molecule has 0 aliphatic carbocycles. The van der Waals surface area contributed by atoms with E-state index in [0.717, 1.165) is 0 Å². The number of rotatable bonds is 3. The molecule has 2 rings (SSSR count). The van der Waals surface area contributed by atoms with Crippen molar-refractivity contribution in [2.24, 2.45) is 0 Å². The highest BCUT2D eigenvalue weighted by molar-refractivity contribution is 9.10. The average molecular weight is 460 g/mol. The van der Waals surface area contributed by atoms with Crippen LogP contribution >= 0.6 is 53.4 Å². The molecule has 0 saturated carbocycles. The van der Waals surface area contributed by atoms with E-state index in [1.54, 1.807) is 0 Å². The molecule has 10 heteroatoms. The molecule has 0 amide bonds. The van der Waals surface area contributed by atoms with Gasteiger partial charge in [-0.1, -0.05) is 53.4 Å². The average Bonchev–Trinajstić information content (AvgIpc) is 2.59. The Hall–Kier alpha value is 1.56. The van der Waals surface area contributed by atoms with Crippen LogP contribution in [0, 0.1) is 0 Å². The zero-order valence-corrected chi connectivity index (χ0v) is 15.6.